The van der Waals surface area contributed by atoms with Crippen molar-refractivity contribution in [1.82, 2.24) is 29.1 Å². The summed E-state index contributed by atoms with van der Waals surface area (Å²) in [4.78, 5) is 16.2. The Labute approximate surface area is 142 Å². The van der Waals surface area contributed by atoms with Gasteiger partial charge in [0.1, 0.15) is 11.8 Å². The van der Waals surface area contributed by atoms with Crippen molar-refractivity contribution in [3.05, 3.63) is 70.7 Å². The number of aliphatic hydroxyl groups is 1. The van der Waals surface area contributed by atoms with Crippen LogP contribution in [0.5, 0.6) is 0 Å². The van der Waals surface area contributed by atoms with Gasteiger partial charge in [-0.15, -0.1) is 5.10 Å². The number of nitrogens with zero attached hydrogens (tertiary/aromatic N) is 6. The highest BCUT2D eigenvalue weighted by molar-refractivity contribution is 5.78. The third-order valence-corrected chi connectivity index (χ3v) is 4.28. The molecule has 3 aromatic heterocycles. The maximum Gasteiger partial charge on any atom is 0.328 e. The molecule has 3 heterocycles. The van der Waals surface area contributed by atoms with Crippen LogP contribution in [0.15, 0.2) is 53.6 Å². The second-order valence-electron chi connectivity index (χ2n) is 5.82. The zero-order chi connectivity index (χ0) is 17.6. The predicted octanol–water partition coefficient (Wildman–Crippen LogP) is 0.934. The van der Waals surface area contributed by atoms with E-state index in [4.69, 9.17) is 0 Å². The van der Waals surface area contributed by atoms with E-state index in [1.807, 2.05) is 18.2 Å². The van der Waals surface area contributed by atoms with Gasteiger partial charge in [0.25, 0.3) is 0 Å². The monoisotopic (exact) mass is 336 g/mol. The van der Waals surface area contributed by atoms with Gasteiger partial charge in [0, 0.05) is 20.3 Å². The first-order chi connectivity index (χ1) is 12.1. The third-order valence-electron chi connectivity index (χ3n) is 4.28. The van der Waals surface area contributed by atoms with Gasteiger partial charge in [-0.1, -0.05) is 11.3 Å². The van der Waals surface area contributed by atoms with Gasteiger partial charge in [0.15, 0.2) is 0 Å². The second kappa shape index (κ2) is 5.67. The molecule has 0 fully saturated rings. The summed E-state index contributed by atoms with van der Waals surface area (Å²) in [6.07, 6.45) is 2.33. The Kier molecular flexibility index (Phi) is 3.47. The molecule has 0 amide bonds. The van der Waals surface area contributed by atoms with E-state index < -0.39 is 6.10 Å². The Morgan fingerprint density at radius 3 is 2.60 bits per heavy atom. The molecule has 126 valence electrons. The fraction of sp³-hybridized carbons (Fsp3) is 0.176. The van der Waals surface area contributed by atoms with E-state index in [9.17, 15) is 9.90 Å². The molecule has 4 rings (SSSR count). The zero-order valence-electron chi connectivity index (χ0n) is 13.7. The lowest BCUT2D eigenvalue weighted by Crippen LogP contribution is -2.19. The summed E-state index contributed by atoms with van der Waals surface area (Å²) < 4.78 is 4.74. The van der Waals surface area contributed by atoms with Gasteiger partial charge in [0.05, 0.1) is 28.6 Å². The molecule has 0 saturated carbocycles. The van der Waals surface area contributed by atoms with Crippen LogP contribution in [0.3, 0.4) is 0 Å². The highest BCUT2D eigenvalue weighted by Crippen LogP contribution is 2.20. The molecular formula is C17H16N6O2. The van der Waals surface area contributed by atoms with E-state index in [-0.39, 0.29) is 5.69 Å². The van der Waals surface area contributed by atoms with Crippen LogP contribution in [0.4, 0.5) is 0 Å². The van der Waals surface area contributed by atoms with Crippen LogP contribution in [0.25, 0.3) is 16.7 Å². The summed E-state index contributed by atoms with van der Waals surface area (Å²) in [6, 6.07) is 10.9. The van der Waals surface area contributed by atoms with Crippen LogP contribution >= 0.6 is 0 Å². The Morgan fingerprint density at radius 1 is 1.04 bits per heavy atom. The van der Waals surface area contributed by atoms with Gasteiger partial charge in [-0.3, -0.25) is 14.1 Å². The van der Waals surface area contributed by atoms with Crippen molar-refractivity contribution in [3.8, 4) is 5.69 Å². The van der Waals surface area contributed by atoms with Gasteiger partial charge in [-0.25, -0.2) is 9.48 Å². The van der Waals surface area contributed by atoms with E-state index in [0.29, 0.717) is 11.4 Å². The smallest absolute Gasteiger partial charge is 0.328 e. The van der Waals surface area contributed by atoms with Crippen molar-refractivity contribution in [2.45, 2.75) is 6.10 Å². The van der Waals surface area contributed by atoms with Crippen LogP contribution < -0.4 is 5.69 Å². The molecule has 0 aliphatic carbocycles. The molecular weight excluding hydrogens is 320 g/mol. The average Bonchev–Trinajstić information content (AvgIpc) is 3.22. The van der Waals surface area contributed by atoms with Crippen LogP contribution in [-0.4, -0.2) is 34.2 Å². The number of hydrogen-bond acceptors (Lipinski definition) is 5. The number of fused-ring (bicyclic) bond motifs is 1. The van der Waals surface area contributed by atoms with Crippen molar-refractivity contribution < 1.29 is 5.11 Å². The molecule has 1 N–H and O–H groups in total. The standard InChI is InChI=1S/C17H16N6O2/c1-21-14-7-6-11(9-15(14)22(2)17(21)25)23-10-13(19-20-23)16(24)12-5-3-4-8-18-12/h3-10,16,24H,1-2H3. The van der Waals surface area contributed by atoms with E-state index >= 15 is 0 Å². The third kappa shape index (κ3) is 2.43. The van der Waals surface area contributed by atoms with Crippen molar-refractivity contribution in [2.24, 2.45) is 14.1 Å². The van der Waals surface area contributed by atoms with Gasteiger partial charge in [0.2, 0.25) is 0 Å². The summed E-state index contributed by atoms with van der Waals surface area (Å²) in [7, 11) is 3.47. The predicted molar refractivity (Wildman–Crippen MR) is 91.4 cm³/mol. The second-order valence-corrected chi connectivity index (χ2v) is 5.82. The van der Waals surface area contributed by atoms with Gasteiger partial charge in [-0.05, 0) is 30.3 Å². The molecule has 0 radical (unpaired) electrons. The molecule has 0 spiro atoms. The summed E-state index contributed by atoms with van der Waals surface area (Å²) >= 11 is 0. The number of imidazole rings is 1. The van der Waals surface area contributed by atoms with E-state index in [2.05, 4.69) is 15.3 Å². The fourth-order valence-electron chi connectivity index (χ4n) is 2.86. The lowest BCUT2D eigenvalue weighted by Gasteiger charge is -2.05. The minimum absolute atomic E-state index is 0.0861. The zero-order valence-corrected chi connectivity index (χ0v) is 13.7. The van der Waals surface area contributed by atoms with Crippen LogP contribution in [0, 0.1) is 0 Å². The first kappa shape index (κ1) is 15.3. The minimum Gasteiger partial charge on any atom is -0.380 e. The molecule has 25 heavy (non-hydrogen) atoms. The number of aromatic nitrogens is 6. The number of benzene rings is 1. The topological polar surface area (TPSA) is 90.8 Å². The molecule has 0 bridgehead atoms. The maximum absolute atomic E-state index is 12.0. The van der Waals surface area contributed by atoms with Crippen molar-refractivity contribution in [1.29, 1.82) is 0 Å². The molecule has 0 saturated heterocycles. The average molecular weight is 336 g/mol. The van der Waals surface area contributed by atoms with Gasteiger partial charge < -0.3 is 5.11 Å². The Hall–Kier alpha value is -3.26. The number of pyridine rings is 1. The minimum atomic E-state index is -0.945. The molecule has 1 unspecified atom stereocenters. The quantitative estimate of drug-likeness (QED) is 0.601. The number of rotatable bonds is 3. The largest absolute Gasteiger partial charge is 0.380 e. The van der Waals surface area contributed by atoms with E-state index in [1.165, 1.54) is 0 Å². The SMILES string of the molecule is Cn1c(=O)n(C)c2cc(-n3cc(C(O)c4ccccn4)nn3)ccc21. The molecule has 1 aromatic carbocycles. The Balaban J connectivity index is 1.74. The molecule has 0 aliphatic rings. The summed E-state index contributed by atoms with van der Waals surface area (Å²) in [6.45, 7) is 0. The van der Waals surface area contributed by atoms with Crippen LogP contribution in [0.1, 0.15) is 17.5 Å². The Morgan fingerprint density at radius 2 is 1.84 bits per heavy atom. The highest BCUT2D eigenvalue weighted by atomic mass is 16.3. The van der Waals surface area contributed by atoms with Crippen LogP contribution in [0.2, 0.25) is 0 Å². The Bertz CT molecular complexity index is 1110. The molecule has 8 nitrogen and oxygen atoms in total. The maximum atomic E-state index is 12.0. The summed E-state index contributed by atoms with van der Waals surface area (Å²) in [5.74, 6) is 0. The molecule has 8 heteroatoms. The number of hydrogen-bond donors (Lipinski definition) is 1. The van der Waals surface area contributed by atoms with Crippen molar-refractivity contribution in [2.75, 3.05) is 0 Å². The lowest BCUT2D eigenvalue weighted by molar-refractivity contribution is 0.210. The first-order valence-corrected chi connectivity index (χ1v) is 7.73. The lowest BCUT2D eigenvalue weighted by atomic mass is 10.2. The molecule has 1 atom stereocenters. The molecule has 0 aliphatic heterocycles. The summed E-state index contributed by atoms with van der Waals surface area (Å²) in [5.41, 5.74) is 3.21. The highest BCUT2D eigenvalue weighted by Gasteiger charge is 2.16. The van der Waals surface area contributed by atoms with Crippen molar-refractivity contribution in [3.63, 3.8) is 0 Å². The van der Waals surface area contributed by atoms with Crippen LogP contribution in [-0.2, 0) is 14.1 Å². The first-order valence-electron chi connectivity index (χ1n) is 7.73. The molecule has 4 aromatic rings. The van der Waals surface area contributed by atoms with E-state index in [1.54, 1.807) is 58.5 Å². The van der Waals surface area contributed by atoms with Gasteiger partial charge in [-0.2, -0.15) is 0 Å². The number of aliphatic hydroxyl groups excluding tert-OH is 1. The van der Waals surface area contributed by atoms with Crippen molar-refractivity contribution >= 4 is 11.0 Å². The van der Waals surface area contributed by atoms with Gasteiger partial charge >= 0.3 is 5.69 Å². The number of aryl methyl sites for hydroxylation is 2. The normalized spacial score (nSPS) is 12.6. The van der Waals surface area contributed by atoms with E-state index in [0.717, 1.165) is 16.7 Å². The fourth-order valence-corrected chi connectivity index (χ4v) is 2.86. The summed E-state index contributed by atoms with van der Waals surface area (Å²) in [5, 5.41) is 18.5.